The van der Waals surface area contributed by atoms with Crippen molar-refractivity contribution in [3.8, 4) is 5.75 Å². The number of ether oxygens (including phenoxy) is 1. The number of amides is 1. The van der Waals surface area contributed by atoms with Crippen molar-refractivity contribution >= 4 is 5.91 Å². The molecule has 1 fully saturated rings. The summed E-state index contributed by atoms with van der Waals surface area (Å²) in [4.78, 5) is 12.2. The van der Waals surface area contributed by atoms with Crippen LogP contribution in [0.25, 0.3) is 0 Å². The van der Waals surface area contributed by atoms with Gasteiger partial charge >= 0.3 is 0 Å². The molecule has 18 heavy (non-hydrogen) atoms. The summed E-state index contributed by atoms with van der Waals surface area (Å²) in [7, 11) is 0. The fourth-order valence-electron chi connectivity index (χ4n) is 3.03. The first-order valence-electron chi connectivity index (χ1n) is 6.00. The Kier molecular flexibility index (Phi) is 2.35. The standard InChI is InChI=1S/C13H14FNO3/c1-8-7-13(4-5-15(17)12(13)16)10-6-9(14)2-3-11(10)18-8/h2-3,6,8,17H,4-5,7H2,1H3. The first-order valence-corrected chi connectivity index (χ1v) is 6.00. The summed E-state index contributed by atoms with van der Waals surface area (Å²) in [6.07, 6.45) is 0.838. The molecule has 1 spiro atoms. The topological polar surface area (TPSA) is 49.8 Å². The van der Waals surface area contributed by atoms with E-state index in [-0.39, 0.29) is 18.6 Å². The van der Waals surface area contributed by atoms with Gasteiger partial charge in [-0.1, -0.05) is 0 Å². The van der Waals surface area contributed by atoms with Gasteiger partial charge in [-0.2, -0.15) is 0 Å². The number of benzene rings is 1. The average molecular weight is 251 g/mol. The van der Waals surface area contributed by atoms with Crippen LogP contribution in [0.15, 0.2) is 18.2 Å². The smallest absolute Gasteiger partial charge is 0.256 e. The van der Waals surface area contributed by atoms with Gasteiger partial charge in [0.1, 0.15) is 11.6 Å². The second-order valence-corrected chi connectivity index (χ2v) is 5.03. The molecule has 0 bridgehead atoms. The normalized spacial score (nSPS) is 30.5. The molecule has 0 radical (unpaired) electrons. The highest BCUT2D eigenvalue weighted by Crippen LogP contribution is 2.47. The van der Waals surface area contributed by atoms with E-state index in [1.807, 2.05) is 6.92 Å². The summed E-state index contributed by atoms with van der Waals surface area (Å²) in [6.45, 7) is 2.16. The molecule has 2 atom stereocenters. The highest BCUT2D eigenvalue weighted by atomic mass is 19.1. The van der Waals surface area contributed by atoms with Crippen LogP contribution < -0.4 is 4.74 Å². The van der Waals surface area contributed by atoms with E-state index in [4.69, 9.17) is 4.74 Å². The molecule has 1 aromatic carbocycles. The number of carbonyl (C=O) groups excluding carboxylic acids is 1. The van der Waals surface area contributed by atoms with Crippen LogP contribution in [0.2, 0.25) is 0 Å². The van der Waals surface area contributed by atoms with Gasteiger partial charge in [0.2, 0.25) is 0 Å². The fraction of sp³-hybridized carbons (Fsp3) is 0.462. The third-order valence-corrected chi connectivity index (χ3v) is 3.82. The quantitative estimate of drug-likeness (QED) is 0.716. The van der Waals surface area contributed by atoms with Crippen molar-refractivity contribution in [2.45, 2.75) is 31.3 Å². The lowest BCUT2D eigenvalue weighted by Crippen LogP contribution is -2.43. The lowest BCUT2D eigenvalue weighted by atomic mass is 9.73. The molecular weight excluding hydrogens is 237 g/mol. The van der Waals surface area contributed by atoms with Crippen molar-refractivity contribution in [2.75, 3.05) is 6.54 Å². The van der Waals surface area contributed by atoms with Crippen LogP contribution in [0.4, 0.5) is 4.39 Å². The van der Waals surface area contributed by atoms with E-state index in [2.05, 4.69) is 0 Å². The maximum Gasteiger partial charge on any atom is 0.256 e. The Bertz CT molecular complexity index is 519. The third kappa shape index (κ3) is 1.43. The Labute approximate surface area is 104 Å². The van der Waals surface area contributed by atoms with Crippen LogP contribution in [0.1, 0.15) is 25.3 Å². The summed E-state index contributed by atoms with van der Waals surface area (Å²) < 4.78 is 19.0. The highest BCUT2D eigenvalue weighted by molar-refractivity contribution is 5.90. The molecule has 2 aliphatic rings. The van der Waals surface area contributed by atoms with Gasteiger partial charge in [-0.05, 0) is 31.5 Å². The van der Waals surface area contributed by atoms with Gasteiger partial charge in [0.05, 0.1) is 11.5 Å². The Morgan fingerprint density at radius 3 is 3.00 bits per heavy atom. The first kappa shape index (κ1) is 11.5. The lowest BCUT2D eigenvalue weighted by Gasteiger charge is -2.36. The molecule has 96 valence electrons. The Balaban J connectivity index is 2.18. The molecule has 1 N–H and O–H groups in total. The minimum atomic E-state index is -0.830. The van der Waals surface area contributed by atoms with Crippen molar-refractivity contribution in [3.63, 3.8) is 0 Å². The Morgan fingerprint density at radius 1 is 1.56 bits per heavy atom. The summed E-state index contributed by atoms with van der Waals surface area (Å²) >= 11 is 0. The first-order chi connectivity index (χ1) is 8.53. The number of rotatable bonds is 0. The summed E-state index contributed by atoms with van der Waals surface area (Å²) in [6, 6.07) is 4.22. The minimum Gasteiger partial charge on any atom is -0.490 e. The zero-order chi connectivity index (χ0) is 12.9. The summed E-state index contributed by atoms with van der Waals surface area (Å²) in [5, 5.41) is 10.3. The Hall–Kier alpha value is -1.62. The SMILES string of the molecule is CC1CC2(CCN(O)C2=O)c2cc(F)ccc2O1. The van der Waals surface area contributed by atoms with Crippen molar-refractivity contribution in [1.82, 2.24) is 5.06 Å². The van der Waals surface area contributed by atoms with Crippen LogP contribution in [0, 0.1) is 5.82 Å². The molecule has 1 saturated heterocycles. The van der Waals surface area contributed by atoms with Crippen LogP contribution in [-0.2, 0) is 10.2 Å². The molecule has 1 amide bonds. The van der Waals surface area contributed by atoms with Crippen LogP contribution in [0.5, 0.6) is 5.75 Å². The molecular formula is C13H14FNO3. The number of hydrogen-bond acceptors (Lipinski definition) is 3. The zero-order valence-corrected chi connectivity index (χ0v) is 10.0. The maximum atomic E-state index is 13.4. The molecule has 4 nitrogen and oxygen atoms in total. The van der Waals surface area contributed by atoms with Gasteiger partial charge in [0.15, 0.2) is 0 Å². The van der Waals surface area contributed by atoms with E-state index >= 15 is 0 Å². The average Bonchev–Trinajstić information content (AvgIpc) is 2.60. The van der Waals surface area contributed by atoms with Crippen molar-refractivity contribution in [1.29, 1.82) is 0 Å². The number of carbonyl (C=O) groups is 1. The number of hydroxylamine groups is 2. The molecule has 0 saturated carbocycles. The van der Waals surface area contributed by atoms with Gasteiger partial charge in [-0.3, -0.25) is 10.0 Å². The van der Waals surface area contributed by atoms with Crippen molar-refractivity contribution < 1.29 is 19.1 Å². The molecule has 0 aromatic heterocycles. The molecule has 2 unspecified atom stereocenters. The second-order valence-electron chi connectivity index (χ2n) is 5.03. The second kappa shape index (κ2) is 3.68. The maximum absolute atomic E-state index is 13.4. The fourth-order valence-corrected chi connectivity index (χ4v) is 3.03. The van der Waals surface area contributed by atoms with E-state index in [1.54, 1.807) is 6.07 Å². The van der Waals surface area contributed by atoms with Crippen LogP contribution in [-0.4, -0.2) is 28.8 Å². The predicted molar refractivity (Wildman–Crippen MR) is 60.9 cm³/mol. The van der Waals surface area contributed by atoms with E-state index in [9.17, 15) is 14.4 Å². The predicted octanol–water partition coefficient (Wildman–Crippen LogP) is 1.86. The number of nitrogens with zero attached hydrogens (tertiary/aromatic N) is 1. The summed E-state index contributed by atoms with van der Waals surface area (Å²) in [5.74, 6) is -0.209. The van der Waals surface area contributed by atoms with Crippen molar-refractivity contribution in [3.05, 3.63) is 29.6 Å². The number of halogens is 1. The van der Waals surface area contributed by atoms with E-state index < -0.39 is 11.2 Å². The van der Waals surface area contributed by atoms with Gasteiger partial charge in [0, 0.05) is 18.5 Å². The minimum absolute atomic E-state index is 0.126. The van der Waals surface area contributed by atoms with Gasteiger partial charge in [-0.15, -0.1) is 0 Å². The molecule has 3 rings (SSSR count). The molecule has 5 heteroatoms. The van der Waals surface area contributed by atoms with E-state index in [0.717, 1.165) is 5.06 Å². The molecule has 2 heterocycles. The van der Waals surface area contributed by atoms with Crippen LogP contribution in [0.3, 0.4) is 0 Å². The highest BCUT2D eigenvalue weighted by Gasteiger charge is 2.52. The largest absolute Gasteiger partial charge is 0.490 e. The zero-order valence-electron chi connectivity index (χ0n) is 10.0. The van der Waals surface area contributed by atoms with Gasteiger partial charge in [0.25, 0.3) is 5.91 Å². The Morgan fingerprint density at radius 2 is 2.33 bits per heavy atom. The van der Waals surface area contributed by atoms with Gasteiger partial charge < -0.3 is 4.74 Å². The molecule has 2 aliphatic heterocycles. The molecule has 1 aromatic rings. The molecule has 0 aliphatic carbocycles. The van der Waals surface area contributed by atoms with Crippen molar-refractivity contribution in [2.24, 2.45) is 0 Å². The summed E-state index contributed by atoms with van der Waals surface area (Å²) in [5.41, 5.74) is -0.272. The monoisotopic (exact) mass is 251 g/mol. The van der Waals surface area contributed by atoms with Crippen LogP contribution >= 0.6 is 0 Å². The number of fused-ring (bicyclic) bond motifs is 2. The van der Waals surface area contributed by atoms with Gasteiger partial charge in [-0.25, -0.2) is 9.45 Å². The van der Waals surface area contributed by atoms with E-state index in [1.165, 1.54) is 12.1 Å². The lowest BCUT2D eigenvalue weighted by molar-refractivity contribution is -0.162. The third-order valence-electron chi connectivity index (χ3n) is 3.82. The van der Waals surface area contributed by atoms with E-state index in [0.29, 0.717) is 24.2 Å². The number of hydrogen-bond donors (Lipinski definition) is 1.